The smallest absolute Gasteiger partial charge is 0.415 e. The molecule has 0 radical (unpaired) electrons. The zero-order valence-corrected chi connectivity index (χ0v) is 13.1. The van der Waals surface area contributed by atoms with Crippen LogP contribution >= 0.6 is 0 Å². The second-order valence-corrected chi connectivity index (χ2v) is 5.68. The van der Waals surface area contributed by atoms with E-state index in [0.717, 1.165) is 25.1 Å². The van der Waals surface area contributed by atoms with Crippen molar-refractivity contribution in [3.05, 3.63) is 18.1 Å². The van der Waals surface area contributed by atoms with Gasteiger partial charge in [-0.05, 0) is 12.8 Å². The van der Waals surface area contributed by atoms with E-state index < -0.39 is 0 Å². The first kappa shape index (κ1) is 15.7. The average Bonchev–Trinajstić information content (AvgIpc) is 3.01. The third-order valence-electron chi connectivity index (χ3n) is 4.16. The lowest BCUT2D eigenvalue weighted by molar-refractivity contribution is -0.136. The number of aromatic nitrogens is 2. The van der Waals surface area contributed by atoms with Crippen molar-refractivity contribution in [3.8, 4) is 0 Å². The Morgan fingerprint density at radius 2 is 2.26 bits per heavy atom. The molecule has 0 aromatic carbocycles. The van der Waals surface area contributed by atoms with Crippen LogP contribution in [0.1, 0.15) is 24.5 Å². The van der Waals surface area contributed by atoms with Gasteiger partial charge in [0, 0.05) is 26.1 Å². The Morgan fingerprint density at radius 3 is 2.91 bits per heavy atom. The molecule has 2 aliphatic heterocycles. The molecule has 1 atom stereocenters. The maximum absolute atomic E-state index is 11.9. The summed E-state index contributed by atoms with van der Waals surface area (Å²) in [5.41, 5.74) is 0.844. The Labute approximate surface area is 134 Å². The number of carbonyl (C=O) groups is 2. The summed E-state index contributed by atoms with van der Waals surface area (Å²) in [5, 5.41) is 0. The van der Waals surface area contributed by atoms with Crippen molar-refractivity contribution in [1.82, 2.24) is 14.9 Å². The van der Waals surface area contributed by atoms with Crippen LogP contribution in [0.3, 0.4) is 0 Å². The molecule has 0 bridgehead atoms. The molecule has 124 valence electrons. The Bertz CT molecular complexity index is 577. The van der Waals surface area contributed by atoms with Gasteiger partial charge in [-0.2, -0.15) is 0 Å². The van der Waals surface area contributed by atoms with Crippen LogP contribution in [0, 0.1) is 0 Å². The summed E-state index contributed by atoms with van der Waals surface area (Å²) >= 11 is 0. The minimum atomic E-state index is -0.388. The lowest BCUT2D eigenvalue weighted by Gasteiger charge is -2.32. The van der Waals surface area contributed by atoms with E-state index in [1.807, 2.05) is 4.90 Å². The Balaban J connectivity index is 1.67. The molecule has 0 saturated carbocycles. The van der Waals surface area contributed by atoms with Crippen LogP contribution in [-0.2, 0) is 14.3 Å². The van der Waals surface area contributed by atoms with Gasteiger partial charge in [0.05, 0.1) is 24.6 Å². The molecule has 1 aromatic rings. The molecule has 0 N–H and O–H groups in total. The van der Waals surface area contributed by atoms with Gasteiger partial charge in [0.1, 0.15) is 13.2 Å². The number of carbonyl (C=O) groups excluding carboxylic acids is 2. The SMILES string of the molecule is COCC(=O)N1CCC[C@@H](c2cnc(N3CCOC3=O)cn2)C1. The first-order valence-electron chi connectivity index (χ1n) is 7.72. The van der Waals surface area contributed by atoms with Crippen LogP contribution in [0.4, 0.5) is 10.6 Å². The fourth-order valence-electron chi connectivity index (χ4n) is 2.94. The lowest BCUT2D eigenvalue weighted by Crippen LogP contribution is -2.41. The molecular formula is C15H20N4O4. The molecule has 3 heterocycles. The topological polar surface area (TPSA) is 84.9 Å². The summed E-state index contributed by atoms with van der Waals surface area (Å²) in [6.07, 6.45) is 4.80. The van der Waals surface area contributed by atoms with E-state index in [1.54, 1.807) is 12.4 Å². The predicted octanol–water partition coefficient (Wildman–Crippen LogP) is 0.786. The summed E-state index contributed by atoms with van der Waals surface area (Å²) < 4.78 is 9.81. The molecule has 2 saturated heterocycles. The van der Waals surface area contributed by atoms with Crippen molar-refractivity contribution < 1.29 is 19.1 Å². The number of anilines is 1. The van der Waals surface area contributed by atoms with Crippen molar-refractivity contribution in [1.29, 1.82) is 0 Å². The highest BCUT2D eigenvalue weighted by Crippen LogP contribution is 2.26. The van der Waals surface area contributed by atoms with E-state index in [4.69, 9.17) is 9.47 Å². The second-order valence-electron chi connectivity index (χ2n) is 5.68. The molecular weight excluding hydrogens is 300 g/mol. The number of methoxy groups -OCH3 is 1. The van der Waals surface area contributed by atoms with Crippen LogP contribution in [0.5, 0.6) is 0 Å². The minimum absolute atomic E-state index is 0.00147. The summed E-state index contributed by atoms with van der Waals surface area (Å²) in [6, 6.07) is 0. The molecule has 8 heteroatoms. The molecule has 0 spiro atoms. The highest BCUT2D eigenvalue weighted by atomic mass is 16.6. The highest BCUT2D eigenvalue weighted by molar-refractivity contribution is 5.87. The number of hydrogen-bond donors (Lipinski definition) is 0. The fraction of sp³-hybridized carbons (Fsp3) is 0.600. The van der Waals surface area contributed by atoms with Crippen LogP contribution in [0.2, 0.25) is 0 Å². The molecule has 23 heavy (non-hydrogen) atoms. The normalized spacial score (nSPS) is 21.4. The fourth-order valence-corrected chi connectivity index (χ4v) is 2.94. The second kappa shape index (κ2) is 6.91. The monoisotopic (exact) mass is 320 g/mol. The molecule has 2 amide bonds. The Hall–Kier alpha value is -2.22. The van der Waals surface area contributed by atoms with Gasteiger partial charge in [0.15, 0.2) is 5.82 Å². The minimum Gasteiger partial charge on any atom is -0.447 e. The first-order valence-corrected chi connectivity index (χ1v) is 7.72. The van der Waals surface area contributed by atoms with Gasteiger partial charge in [-0.25, -0.2) is 9.78 Å². The third kappa shape index (κ3) is 3.42. The summed E-state index contributed by atoms with van der Waals surface area (Å²) in [7, 11) is 1.52. The van der Waals surface area contributed by atoms with Crippen LogP contribution in [-0.4, -0.2) is 66.8 Å². The largest absolute Gasteiger partial charge is 0.447 e. The molecule has 2 fully saturated rings. The number of hydrogen-bond acceptors (Lipinski definition) is 6. The summed E-state index contributed by atoms with van der Waals surface area (Å²) in [4.78, 5) is 35.5. The van der Waals surface area contributed by atoms with E-state index >= 15 is 0 Å². The van der Waals surface area contributed by atoms with Crippen molar-refractivity contribution in [3.63, 3.8) is 0 Å². The zero-order chi connectivity index (χ0) is 16.2. The molecule has 8 nitrogen and oxygen atoms in total. The first-order chi connectivity index (χ1) is 11.2. The maximum Gasteiger partial charge on any atom is 0.415 e. The number of amides is 2. The number of cyclic esters (lactones) is 1. The maximum atomic E-state index is 11.9. The number of likely N-dealkylation sites (tertiary alicyclic amines) is 1. The van der Waals surface area contributed by atoms with E-state index in [2.05, 4.69) is 9.97 Å². The molecule has 1 aromatic heterocycles. The van der Waals surface area contributed by atoms with Crippen LogP contribution < -0.4 is 4.90 Å². The number of piperidine rings is 1. The molecule has 0 aliphatic carbocycles. The molecule has 3 rings (SSSR count). The molecule has 2 aliphatic rings. The van der Waals surface area contributed by atoms with Crippen molar-refractivity contribution >= 4 is 17.8 Å². The predicted molar refractivity (Wildman–Crippen MR) is 81.2 cm³/mol. The van der Waals surface area contributed by atoms with Crippen molar-refractivity contribution in [2.24, 2.45) is 0 Å². The van der Waals surface area contributed by atoms with Gasteiger partial charge in [-0.3, -0.25) is 14.7 Å². The van der Waals surface area contributed by atoms with Crippen LogP contribution in [0.25, 0.3) is 0 Å². The van der Waals surface area contributed by atoms with Gasteiger partial charge in [0.2, 0.25) is 5.91 Å². The van der Waals surface area contributed by atoms with Gasteiger partial charge in [0.25, 0.3) is 0 Å². The molecule has 0 unspecified atom stereocenters. The van der Waals surface area contributed by atoms with E-state index in [9.17, 15) is 9.59 Å². The number of nitrogens with zero attached hydrogens (tertiary/aromatic N) is 4. The van der Waals surface area contributed by atoms with E-state index in [-0.39, 0.29) is 24.5 Å². The highest BCUT2D eigenvalue weighted by Gasteiger charge is 2.27. The number of rotatable bonds is 4. The average molecular weight is 320 g/mol. The quantitative estimate of drug-likeness (QED) is 0.815. The third-order valence-corrected chi connectivity index (χ3v) is 4.16. The Kier molecular flexibility index (Phi) is 4.71. The van der Waals surface area contributed by atoms with Gasteiger partial charge < -0.3 is 14.4 Å². The Morgan fingerprint density at radius 1 is 1.39 bits per heavy atom. The van der Waals surface area contributed by atoms with Gasteiger partial charge >= 0.3 is 6.09 Å². The van der Waals surface area contributed by atoms with Crippen LogP contribution in [0.15, 0.2) is 12.4 Å². The van der Waals surface area contributed by atoms with Gasteiger partial charge in [-0.1, -0.05) is 0 Å². The lowest BCUT2D eigenvalue weighted by atomic mass is 9.95. The van der Waals surface area contributed by atoms with E-state index in [0.29, 0.717) is 25.5 Å². The summed E-state index contributed by atoms with van der Waals surface area (Å²) in [6.45, 7) is 2.36. The van der Waals surface area contributed by atoms with Gasteiger partial charge in [-0.15, -0.1) is 0 Å². The summed E-state index contributed by atoms with van der Waals surface area (Å²) in [5.74, 6) is 0.664. The standard InChI is InChI=1S/C15H20N4O4/c1-22-10-14(20)18-4-2-3-11(9-18)12-7-17-13(8-16-12)19-5-6-23-15(19)21/h7-8,11H,2-6,9-10H2,1H3/t11-/m1/s1. The van der Waals surface area contributed by atoms with Crippen molar-refractivity contribution in [2.45, 2.75) is 18.8 Å². The number of ether oxygens (including phenoxy) is 2. The van der Waals surface area contributed by atoms with Crippen molar-refractivity contribution in [2.75, 3.05) is 44.9 Å². The van der Waals surface area contributed by atoms with E-state index in [1.165, 1.54) is 12.0 Å². The zero-order valence-electron chi connectivity index (χ0n) is 13.1.